The highest BCUT2D eigenvalue weighted by Gasteiger charge is 2.29. The summed E-state index contributed by atoms with van der Waals surface area (Å²) in [6, 6.07) is 9.86. The molecule has 1 saturated heterocycles. The van der Waals surface area contributed by atoms with Crippen LogP contribution >= 0.6 is 0 Å². The van der Waals surface area contributed by atoms with E-state index in [1.165, 1.54) is 6.07 Å². The number of hydrogen-bond acceptors (Lipinski definition) is 5. The lowest BCUT2D eigenvalue weighted by Gasteiger charge is -2.26. The van der Waals surface area contributed by atoms with E-state index in [1.54, 1.807) is 18.2 Å². The lowest BCUT2D eigenvalue weighted by Crippen LogP contribution is -2.41. The zero-order valence-electron chi connectivity index (χ0n) is 16.9. The number of halogens is 1. The van der Waals surface area contributed by atoms with Gasteiger partial charge in [-0.05, 0) is 42.8 Å². The summed E-state index contributed by atoms with van der Waals surface area (Å²) >= 11 is 0. The number of benzene rings is 2. The minimum atomic E-state index is -4.07. The molecule has 0 atom stereocenters. The number of sulfonamides is 1. The lowest BCUT2D eigenvalue weighted by molar-refractivity contribution is -0.115. The van der Waals surface area contributed by atoms with Gasteiger partial charge in [0, 0.05) is 24.5 Å². The number of ether oxygens (including phenoxy) is 1. The summed E-state index contributed by atoms with van der Waals surface area (Å²) in [6.45, 7) is 2.23. The van der Waals surface area contributed by atoms with Gasteiger partial charge in [0.05, 0.1) is 19.8 Å². The highest BCUT2D eigenvalue weighted by Crippen LogP contribution is 2.23. The molecular weight excluding hydrogens is 427 g/mol. The molecule has 31 heavy (non-hydrogen) atoms. The van der Waals surface area contributed by atoms with Crippen LogP contribution in [0.3, 0.4) is 0 Å². The summed E-state index contributed by atoms with van der Waals surface area (Å²) in [7, 11) is -4.07. The number of urea groups is 1. The highest BCUT2D eigenvalue weighted by molar-refractivity contribution is 7.89. The number of carbonyl (C=O) groups is 2. The molecule has 2 aromatic carbocycles. The molecule has 0 unspecified atom stereocenters. The van der Waals surface area contributed by atoms with E-state index in [0.717, 1.165) is 22.0 Å². The van der Waals surface area contributed by atoms with Crippen molar-refractivity contribution in [1.29, 1.82) is 0 Å². The Morgan fingerprint density at radius 2 is 1.77 bits per heavy atom. The summed E-state index contributed by atoms with van der Waals surface area (Å²) in [5.41, 5.74) is 1.64. The van der Waals surface area contributed by atoms with Crippen molar-refractivity contribution in [3.63, 3.8) is 0 Å². The van der Waals surface area contributed by atoms with Gasteiger partial charge in [0.15, 0.2) is 0 Å². The number of nitrogens with one attached hydrogen (secondary N) is 3. The SMILES string of the molecule is Cc1cccc(NC(=O)NCC(=O)Nc2ccc(F)c(S(=O)(=O)N3CCOCC3)c2)c1. The third-order valence-electron chi connectivity index (χ3n) is 4.49. The molecule has 9 nitrogen and oxygen atoms in total. The number of anilines is 2. The average Bonchev–Trinajstić information content (AvgIpc) is 2.74. The average molecular weight is 450 g/mol. The quantitative estimate of drug-likeness (QED) is 0.622. The molecule has 3 rings (SSSR count). The van der Waals surface area contributed by atoms with Crippen LogP contribution in [0.2, 0.25) is 0 Å². The second kappa shape index (κ2) is 9.86. The Morgan fingerprint density at radius 1 is 1.06 bits per heavy atom. The van der Waals surface area contributed by atoms with Crippen LogP contribution < -0.4 is 16.0 Å². The zero-order chi connectivity index (χ0) is 22.4. The van der Waals surface area contributed by atoms with Gasteiger partial charge in [-0.25, -0.2) is 17.6 Å². The first-order valence-electron chi connectivity index (χ1n) is 9.54. The van der Waals surface area contributed by atoms with Gasteiger partial charge in [0.25, 0.3) is 0 Å². The molecule has 1 aliphatic heterocycles. The van der Waals surface area contributed by atoms with Crippen molar-refractivity contribution in [2.45, 2.75) is 11.8 Å². The number of aryl methyl sites for hydroxylation is 1. The second-order valence-corrected chi connectivity index (χ2v) is 8.79. The van der Waals surface area contributed by atoms with Crippen molar-refractivity contribution in [3.8, 4) is 0 Å². The Kier molecular flexibility index (Phi) is 7.21. The van der Waals surface area contributed by atoms with Crippen molar-refractivity contribution in [1.82, 2.24) is 9.62 Å². The van der Waals surface area contributed by atoms with Crippen LogP contribution in [0, 0.1) is 12.7 Å². The van der Waals surface area contributed by atoms with Gasteiger partial charge in [0.1, 0.15) is 10.7 Å². The summed E-state index contributed by atoms with van der Waals surface area (Å²) in [5.74, 6) is -1.51. The Hall–Kier alpha value is -3.02. The van der Waals surface area contributed by atoms with Gasteiger partial charge in [-0.15, -0.1) is 0 Å². The summed E-state index contributed by atoms with van der Waals surface area (Å²) in [6.07, 6.45) is 0. The molecule has 3 N–H and O–H groups in total. The topological polar surface area (TPSA) is 117 Å². The molecule has 11 heteroatoms. The Morgan fingerprint density at radius 3 is 2.48 bits per heavy atom. The number of hydrogen-bond donors (Lipinski definition) is 3. The maximum atomic E-state index is 14.2. The third-order valence-corrected chi connectivity index (χ3v) is 6.40. The van der Waals surface area contributed by atoms with E-state index in [0.29, 0.717) is 5.69 Å². The summed E-state index contributed by atoms with van der Waals surface area (Å²) in [4.78, 5) is 23.6. The largest absolute Gasteiger partial charge is 0.379 e. The Bertz CT molecular complexity index is 1070. The van der Waals surface area contributed by atoms with Crippen molar-refractivity contribution in [2.75, 3.05) is 43.5 Å². The fraction of sp³-hybridized carbons (Fsp3) is 0.300. The maximum absolute atomic E-state index is 14.2. The smallest absolute Gasteiger partial charge is 0.319 e. The normalized spacial score (nSPS) is 14.6. The number of amides is 3. The van der Waals surface area contributed by atoms with Crippen molar-refractivity contribution in [3.05, 3.63) is 53.8 Å². The monoisotopic (exact) mass is 450 g/mol. The van der Waals surface area contributed by atoms with E-state index in [1.807, 2.05) is 13.0 Å². The standard InChI is InChI=1S/C20H23FN4O5S/c1-14-3-2-4-15(11-14)24-20(27)22-13-19(26)23-16-5-6-17(21)18(12-16)31(28,29)25-7-9-30-10-8-25/h2-6,11-12H,7-10,13H2,1H3,(H,23,26)(H2,22,24,27). The predicted molar refractivity (Wildman–Crippen MR) is 113 cm³/mol. The molecule has 0 bridgehead atoms. The third kappa shape index (κ3) is 6.00. The minimum absolute atomic E-state index is 0.0964. The molecule has 2 aromatic rings. The first kappa shape index (κ1) is 22.7. The van der Waals surface area contributed by atoms with Gasteiger partial charge < -0.3 is 20.7 Å². The Labute approximate surface area is 179 Å². The fourth-order valence-corrected chi connectivity index (χ4v) is 4.47. The first-order chi connectivity index (χ1) is 14.8. The van der Waals surface area contributed by atoms with Crippen LogP contribution in [-0.2, 0) is 19.6 Å². The number of nitrogens with zero attached hydrogens (tertiary/aromatic N) is 1. The highest BCUT2D eigenvalue weighted by atomic mass is 32.2. The molecule has 166 valence electrons. The molecule has 1 aliphatic rings. The van der Waals surface area contributed by atoms with Gasteiger partial charge in [-0.2, -0.15) is 4.31 Å². The maximum Gasteiger partial charge on any atom is 0.319 e. The second-order valence-electron chi connectivity index (χ2n) is 6.89. The van der Waals surface area contributed by atoms with Crippen LogP contribution in [0.5, 0.6) is 0 Å². The van der Waals surface area contributed by atoms with E-state index < -0.39 is 32.7 Å². The molecule has 0 aliphatic carbocycles. The van der Waals surface area contributed by atoms with E-state index >= 15 is 0 Å². The van der Waals surface area contributed by atoms with E-state index in [-0.39, 0.29) is 38.5 Å². The van der Waals surface area contributed by atoms with E-state index in [2.05, 4.69) is 16.0 Å². The van der Waals surface area contributed by atoms with E-state index in [4.69, 9.17) is 4.74 Å². The molecule has 0 aromatic heterocycles. The molecule has 1 heterocycles. The lowest BCUT2D eigenvalue weighted by atomic mass is 10.2. The van der Waals surface area contributed by atoms with Crippen LogP contribution in [0.15, 0.2) is 47.4 Å². The van der Waals surface area contributed by atoms with Crippen LogP contribution in [-0.4, -0.2) is 57.5 Å². The molecule has 0 saturated carbocycles. The molecule has 0 radical (unpaired) electrons. The number of rotatable bonds is 6. The van der Waals surface area contributed by atoms with Crippen molar-refractivity contribution >= 4 is 33.3 Å². The van der Waals surface area contributed by atoms with Gasteiger partial charge in [-0.1, -0.05) is 12.1 Å². The molecule has 1 fully saturated rings. The number of morpholine rings is 1. The van der Waals surface area contributed by atoms with E-state index in [9.17, 15) is 22.4 Å². The van der Waals surface area contributed by atoms with Crippen molar-refractivity contribution in [2.24, 2.45) is 0 Å². The van der Waals surface area contributed by atoms with Crippen LogP contribution in [0.4, 0.5) is 20.6 Å². The van der Waals surface area contributed by atoms with Gasteiger partial charge in [-0.3, -0.25) is 4.79 Å². The van der Waals surface area contributed by atoms with Gasteiger partial charge >= 0.3 is 6.03 Å². The van der Waals surface area contributed by atoms with Crippen LogP contribution in [0.25, 0.3) is 0 Å². The Balaban J connectivity index is 1.60. The molecular formula is C20H23FN4O5S. The minimum Gasteiger partial charge on any atom is -0.379 e. The molecule has 3 amide bonds. The first-order valence-corrected chi connectivity index (χ1v) is 11.0. The number of carbonyl (C=O) groups excluding carboxylic acids is 2. The summed E-state index contributed by atoms with van der Waals surface area (Å²) < 4.78 is 45.9. The zero-order valence-corrected chi connectivity index (χ0v) is 17.7. The summed E-state index contributed by atoms with van der Waals surface area (Å²) in [5, 5.41) is 7.46. The van der Waals surface area contributed by atoms with Crippen LogP contribution in [0.1, 0.15) is 5.56 Å². The van der Waals surface area contributed by atoms with Crippen molar-refractivity contribution < 1.29 is 27.1 Å². The molecule has 0 spiro atoms. The predicted octanol–water partition coefficient (Wildman–Crippen LogP) is 1.92. The fourth-order valence-electron chi connectivity index (χ4n) is 2.97. The van der Waals surface area contributed by atoms with Gasteiger partial charge in [0.2, 0.25) is 15.9 Å².